The highest BCUT2D eigenvalue weighted by Gasteiger charge is 2.40. The van der Waals surface area contributed by atoms with E-state index in [1.807, 2.05) is 30.3 Å². The average molecular weight is 356 g/mol. The second-order valence-corrected chi connectivity index (χ2v) is 7.38. The Labute approximate surface area is 153 Å². The molecular formula is C20H24N2O4. The van der Waals surface area contributed by atoms with Crippen LogP contribution in [0.15, 0.2) is 30.5 Å². The molecule has 0 aromatic heterocycles. The van der Waals surface area contributed by atoms with Crippen LogP contribution in [-0.4, -0.2) is 45.8 Å². The van der Waals surface area contributed by atoms with Gasteiger partial charge in [0.15, 0.2) is 0 Å². The molecule has 3 rings (SSSR count). The van der Waals surface area contributed by atoms with Gasteiger partial charge in [-0.15, -0.1) is 0 Å². The third-order valence-electron chi connectivity index (χ3n) is 5.40. The summed E-state index contributed by atoms with van der Waals surface area (Å²) in [4.78, 5) is 39.7. The summed E-state index contributed by atoms with van der Waals surface area (Å²) in [5.74, 6) is -1.10. The Balaban J connectivity index is 1.82. The number of carboxylic acids is 1. The smallest absolute Gasteiger partial charge is 0.311 e. The molecule has 2 unspecified atom stereocenters. The van der Waals surface area contributed by atoms with Gasteiger partial charge in [-0.3, -0.25) is 14.4 Å². The fourth-order valence-electron chi connectivity index (χ4n) is 3.83. The molecule has 1 N–H and O–H groups in total. The molecule has 2 aliphatic rings. The standard InChI is InChI=1S/C20H24N2O4/c1-14(23)22-11-8-15-6-3-4-7-16(15)17(22)12-18(24)21-10-5-9-20(2,13-21)19(25)26/h3-4,6-8,11,17H,5,9-10,12-13H2,1-2H3,(H,25,26). The lowest BCUT2D eigenvalue weighted by atomic mass is 9.81. The Morgan fingerprint density at radius 3 is 2.69 bits per heavy atom. The summed E-state index contributed by atoms with van der Waals surface area (Å²) in [7, 11) is 0. The quantitative estimate of drug-likeness (QED) is 0.903. The molecule has 0 bridgehead atoms. The summed E-state index contributed by atoms with van der Waals surface area (Å²) >= 11 is 0. The number of carboxylic acid groups (broad SMARTS) is 1. The lowest BCUT2D eigenvalue weighted by molar-refractivity contribution is -0.153. The number of rotatable bonds is 3. The van der Waals surface area contributed by atoms with Crippen LogP contribution in [0, 0.1) is 5.41 Å². The van der Waals surface area contributed by atoms with Crippen LogP contribution in [0.25, 0.3) is 6.08 Å². The van der Waals surface area contributed by atoms with Crippen LogP contribution >= 0.6 is 0 Å². The molecule has 0 radical (unpaired) electrons. The molecule has 6 heteroatoms. The SMILES string of the molecule is CC(=O)N1C=Cc2ccccc2C1CC(=O)N1CCCC(C)(C(=O)O)C1. The number of amides is 2. The van der Waals surface area contributed by atoms with Crippen molar-refractivity contribution in [3.8, 4) is 0 Å². The molecule has 1 aromatic carbocycles. The minimum atomic E-state index is -0.904. The fraction of sp³-hybridized carbons (Fsp3) is 0.450. The van der Waals surface area contributed by atoms with E-state index >= 15 is 0 Å². The first-order chi connectivity index (χ1) is 12.3. The Morgan fingerprint density at radius 2 is 2.00 bits per heavy atom. The van der Waals surface area contributed by atoms with Crippen LogP contribution < -0.4 is 0 Å². The van der Waals surface area contributed by atoms with E-state index in [1.54, 1.807) is 22.9 Å². The largest absolute Gasteiger partial charge is 0.481 e. The highest BCUT2D eigenvalue weighted by molar-refractivity contribution is 5.83. The summed E-state index contributed by atoms with van der Waals surface area (Å²) in [6, 6.07) is 7.36. The van der Waals surface area contributed by atoms with Crippen LogP contribution in [0.1, 0.15) is 50.3 Å². The van der Waals surface area contributed by atoms with Gasteiger partial charge in [0, 0.05) is 26.2 Å². The minimum absolute atomic E-state index is 0.112. The molecule has 138 valence electrons. The van der Waals surface area contributed by atoms with Crippen LogP contribution in [0.4, 0.5) is 0 Å². The third kappa shape index (κ3) is 3.36. The van der Waals surface area contributed by atoms with Crippen LogP contribution in [0.5, 0.6) is 0 Å². The zero-order valence-electron chi connectivity index (χ0n) is 15.1. The number of piperidine rings is 1. The van der Waals surface area contributed by atoms with Crippen LogP contribution in [0.2, 0.25) is 0 Å². The van der Waals surface area contributed by atoms with Crippen molar-refractivity contribution in [1.29, 1.82) is 0 Å². The van der Waals surface area contributed by atoms with Gasteiger partial charge < -0.3 is 14.9 Å². The molecule has 1 fully saturated rings. The van der Waals surface area contributed by atoms with Gasteiger partial charge >= 0.3 is 5.97 Å². The van der Waals surface area contributed by atoms with Crippen molar-refractivity contribution >= 4 is 23.9 Å². The number of nitrogens with zero attached hydrogens (tertiary/aromatic N) is 2. The maximum Gasteiger partial charge on any atom is 0.311 e. The van der Waals surface area contributed by atoms with Crippen molar-refractivity contribution in [2.75, 3.05) is 13.1 Å². The molecular weight excluding hydrogens is 332 g/mol. The second kappa shape index (κ2) is 6.94. The zero-order chi connectivity index (χ0) is 18.9. The maximum atomic E-state index is 12.9. The first-order valence-electron chi connectivity index (χ1n) is 8.89. The number of fused-ring (bicyclic) bond motifs is 1. The molecule has 1 saturated heterocycles. The molecule has 2 aliphatic heterocycles. The predicted octanol–water partition coefficient (Wildman–Crippen LogP) is 2.66. The van der Waals surface area contributed by atoms with E-state index in [0.717, 1.165) is 11.1 Å². The summed E-state index contributed by atoms with van der Waals surface area (Å²) in [6.45, 7) is 3.95. The number of carbonyl (C=O) groups is 3. The highest BCUT2D eigenvalue weighted by atomic mass is 16.4. The topological polar surface area (TPSA) is 77.9 Å². The zero-order valence-corrected chi connectivity index (χ0v) is 15.1. The maximum absolute atomic E-state index is 12.9. The van der Waals surface area contributed by atoms with Gasteiger partial charge in [0.1, 0.15) is 0 Å². The highest BCUT2D eigenvalue weighted by Crippen LogP contribution is 2.35. The van der Waals surface area contributed by atoms with E-state index in [2.05, 4.69) is 0 Å². The summed E-state index contributed by atoms with van der Waals surface area (Å²) in [5.41, 5.74) is 1.03. The average Bonchev–Trinajstić information content (AvgIpc) is 2.61. The van der Waals surface area contributed by atoms with Crippen molar-refractivity contribution in [3.63, 3.8) is 0 Å². The molecule has 2 amide bonds. The fourth-order valence-corrected chi connectivity index (χ4v) is 3.83. The van der Waals surface area contributed by atoms with E-state index in [9.17, 15) is 19.5 Å². The molecule has 0 saturated carbocycles. The lowest BCUT2D eigenvalue weighted by Gasteiger charge is -2.39. The number of aliphatic carboxylic acids is 1. The van der Waals surface area contributed by atoms with Gasteiger partial charge in [0.25, 0.3) is 0 Å². The van der Waals surface area contributed by atoms with Crippen molar-refractivity contribution in [2.24, 2.45) is 5.41 Å². The molecule has 0 aliphatic carbocycles. The Kier molecular flexibility index (Phi) is 4.85. The number of hydrogen-bond donors (Lipinski definition) is 1. The predicted molar refractivity (Wildman–Crippen MR) is 96.9 cm³/mol. The molecule has 26 heavy (non-hydrogen) atoms. The second-order valence-electron chi connectivity index (χ2n) is 7.38. The van der Waals surface area contributed by atoms with Gasteiger partial charge in [0.2, 0.25) is 11.8 Å². The molecule has 2 heterocycles. The van der Waals surface area contributed by atoms with E-state index in [0.29, 0.717) is 19.4 Å². The number of benzene rings is 1. The van der Waals surface area contributed by atoms with Gasteiger partial charge in [-0.2, -0.15) is 0 Å². The molecule has 0 spiro atoms. The number of carbonyl (C=O) groups excluding carboxylic acids is 2. The summed E-state index contributed by atoms with van der Waals surface area (Å²) in [6.07, 6.45) is 4.99. The summed E-state index contributed by atoms with van der Waals surface area (Å²) in [5, 5.41) is 9.46. The Morgan fingerprint density at radius 1 is 1.27 bits per heavy atom. The van der Waals surface area contributed by atoms with E-state index in [-0.39, 0.29) is 30.8 Å². The normalized spacial score (nSPS) is 24.9. The van der Waals surface area contributed by atoms with E-state index in [1.165, 1.54) is 6.92 Å². The first-order valence-corrected chi connectivity index (χ1v) is 8.89. The van der Waals surface area contributed by atoms with Gasteiger partial charge in [-0.05, 0) is 37.0 Å². The number of likely N-dealkylation sites (tertiary alicyclic amines) is 1. The molecule has 2 atom stereocenters. The monoisotopic (exact) mass is 356 g/mol. The minimum Gasteiger partial charge on any atom is -0.481 e. The van der Waals surface area contributed by atoms with Gasteiger partial charge in [-0.1, -0.05) is 24.3 Å². The molecule has 6 nitrogen and oxygen atoms in total. The van der Waals surface area contributed by atoms with Gasteiger partial charge in [0.05, 0.1) is 17.9 Å². The molecule has 1 aromatic rings. The third-order valence-corrected chi connectivity index (χ3v) is 5.40. The van der Waals surface area contributed by atoms with Gasteiger partial charge in [-0.25, -0.2) is 0 Å². The van der Waals surface area contributed by atoms with E-state index < -0.39 is 11.4 Å². The Bertz CT molecular complexity index is 773. The lowest BCUT2D eigenvalue weighted by Crippen LogP contribution is -2.49. The van der Waals surface area contributed by atoms with E-state index in [4.69, 9.17) is 0 Å². The van der Waals surface area contributed by atoms with Crippen LogP contribution in [0.3, 0.4) is 0 Å². The Hall–Kier alpha value is -2.63. The van der Waals surface area contributed by atoms with Crippen LogP contribution in [-0.2, 0) is 14.4 Å². The van der Waals surface area contributed by atoms with Crippen molar-refractivity contribution < 1.29 is 19.5 Å². The first kappa shape index (κ1) is 18.2. The van der Waals surface area contributed by atoms with Crippen molar-refractivity contribution in [1.82, 2.24) is 9.80 Å². The number of hydrogen-bond acceptors (Lipinski definition) is 3. The summed E-state index contributed by atoms with van der Waals surface area (Å²) < 4.78 is 0. The van der Waals surface area contributed by atoms with Crippen molar-refractivity contribution in [2.45, 2.75) is 39.2 Å². The van der Waals surface area contributed by atoms with Crippen molar-refractivity contribution in [3.05, 3.63) is 41.6 Å².